The van der Waals surface area contributed by atoms with Gasteiger partial charge in [0.05, 0.1) is 24.1 Å². The summed E-state index contributed by atoms with van der Waals surface area (Å²) in [5.41, 5.74) is 4.37. The van der Waals surface area contributed by atoms with Crippen LogP contribution in [-0.4, -0.2) is 87.4 Å². The Morgan fingerprint density at radius 2 is 1.76 bits per heavy atom. The van der Waals surface area contributed by atoms with Crippen molar-refractivity contribution in [3.8, 4) is 0 Å². The third kappa shape index (κ3) is 12.7. The Kier molecular flexibility index (Phi) is 16.8. The average molecular weight is 744 g/mol. The van der Waals surface area contributed by atoms with Crippen molar-refractivity contribution in [1.29, 1.82) is 0 Å². The van der Waals surface area contributed by atoms with Gasteiger partial charge in [-0.05, 0) is 109 Å². The van der Waals surface area contributed by atoms with Gasteiger partial charge in [0.25, 0.3) is 5.91 Å². The van der Waals surface area contributed by atoms with Crippen LogP contribution in [0.15, 0.2) is 65.6 Å². The zero-order valence-corrected chi connectivity index (χ0v) is 34.4. The molecule has 296 valence electrons. The van der Waals surface area contributed by atoms with Gasteiger partial charge in [0.15, 0.2) is 0 Å². The zero-order chi connectivity index (χ0) is 40.0. The summed E-state index contributed by atoms with van der Waals surface area (Å²) in [6.45, 7) is 23.7. The first-order chi connectivity index (χ1) is 25.7. The lowest BCUT2D eigenvalue weighted by molar-refractivity contribution is -0.132. The fraction of sp³-hybridized carbons (Fsp3) is 0.558. The van der Waals surface area contributed by atoms with E-state index in [1.165, 1.54) is 12.8 Å². The summed E-state index contributed by atoms with van der Waals surface area (Å²) >= 11 is 0. The number of anilines is 1. The molecule has 1 aromatic carbocycles. The van der Waals surface area contributed by atoms with Gasteiger partial charge in [-0.1, -0.05) is 51.5 Å². The fourth-order valence-electron chi connectivity index (χ4n) is 6.34. The number of aliphatic imine (C=N–C) groups is 1. The van der Waals surface area contributed by atoms with Crippen LogP contribution in [0.25, 0.3) is 0 Å². The van der Waals surface area contributed by atoms with Crippen molar-refractivity contribution in [3.63, 3.8) is 0 Å². The molecule has 0 radical (unpaired) electrons. The molecule has 2 fully saturated rings. The largest absolute Gasteiger partial charge is 0.444 e. The quantitative estimate of drug-likeness (QED) is 0.258. The molecule has 0 atom stereocenters. The van der Waals surface area contributed by atoms with E-state index in [0.717, 1.165) is 54.7 Å². The first-order valence-corrected chi connectivity index (χ1v) is 19.5. The molecule has 0 spiro atoms. The molecule has 1 aromatic heterocycles. The number of allylic oxidation sites excluding steroid dienone is 3. The number of carbonyl (C=O) groups excluding carboxylic acids is 3. The maximum Gasteiger partial charge on any atom is 0.410 e. The summed E-state index contributed by atoms with van der Waals surface area (Å²) < 4.78 is 7.30. The smallest absolute Gasteiger partial charge is 0.410 e. The number of fused-ring (bicyclic) bond motifs is 1. The van der Waals surface area contributed by atoms with E-state index in [4.69, 9.17) is 4.74 Å². The minimum atomic E-state index is -0.505. The Bertz CT molecular complexity index is 1650. The van der Waals surface area contributed by atoms with Crippen molar-refractivity contribution in [2.75, 3.05) is 32.0 Å². The monoisotopic (exact) mass is 744 g/mol. The number of hydrogen-bond acceptors (Lipinski definition) is 7. The van der Waals surface area contributed by atoms with E-state index in [-0.39, 0.29) is 17.9 Å². The molecule has 0 bridgehead atoms. The standard InChI is InChI=1S/C37H50N6O4.C4H10.C2H5N/c1-8-9-10-32-26(3)39-34-30(22-38-40(34)7)24-43(32)35(45)29-12-11-28(25(2)21-29)13-16-33(44)42(31-14-15-31)23-27-17-19-41(20-18-27)36(46)47-37(4,5)6;1-3-4-2;1-3-2/h8-12,21-22,27,31,39H,3,13-20,23-24H2,1-2,4-7H3;3-4H2,1-2H3;1H2,2H3/b9-8-,32-10+;;. The van der Waals surface area contributed by atoms with Gasteiger partial charge < -0.3 is 29.7 Å². The summed E-state index contributed by atoms with van der Waals surface area (Å²) in [7, 11) is 3.50. The van der Waals surface area contributed by atoms with Crippen LogP contribution in [-0.2, 0) is 29.5 Å². The highest BCUT2D eigenvalue weighted by Crippen LogP contribution is 2.32. The number of nitrogens with one attached hydrogen (secondary N) is 1. The molecule has 2 aliphatic heterocycles. The minimum absolute atomic E-state index is 0.122. The highest BCUT2D eigenvalue weighted by molar-refractivity contribution is 5.96. The van der Waals surface area contributed by atoms with E-state index in [9.17, 15) is 14.4 Å². The van der Waals surface area contributed by atoms with Crippen molar-refractivity contribution in [3.05, 3.63) is 82.9 Å². The first kappa shape index (κ1) is 43.7. The number of unbranched alkanes of at least 4 members (excludes halogenated alkanes) is 1. The van der Waals surface area contributed by atoms with Crippen molar-refractivity contribution < 1.29 is 19.1 Å². The van der Waals surface area contributed by atoms with Crippen molar-refractivity contribution in [2.45, 2.75) is 118 Å². The number of piperidine rings is 1. The van der Waals surface area contributed by atoms with Crippen LogP contribution in [0.3, 0.4) is 0 Å². The Hall–Kier alpha value is -4.67. The summed E-state index contributed by atoms with van der Waals surface area (Å²) in [6, 6.07) is 6.11. The Labute approximate surface area is 324 Å². The number of aryl methyl sites for hydroxylation is 3. The second-order valence-corrected chi connectivity index (χ2v) is 15.4. The predicted octanol–water partition coefficient (Wildman–Crippen LogP) is 8.46. The van der Waals surface area contributed by atoms with Gasteiger partial charge in [-0.15, -0.1) is 0 Å². The third-order valence-electron chi connectivity index (χ3n) is 9.63. The molecule has 1 aliphatic carbocycles. The second-order valence-electron chi connectivity index (χ2n) is 15.4. The lowest BCUT2D eigenvalue weighted by Crippen LogP contribution is -2.45. The number of ether oxygens (including phenoxy) is 1. The highest BCUT2D eigenvalue weighted by atomic mass is 16.6. The molecule has 3 heterocycles. The van der Waals surface area contributed by atoms with Gasteiger partial charge in [-0.3, -0.25) is 14.3 Å². The van der Waals surface area contributed by atoms with E-state index >= 15 is 0 Å². The molecule has 3 amide bonds. The second kappa shape index (κ2) is 20.7. The highest BCUT2D eigenvalue weighted by Gasteiger charge is 2.35. The Balaban J connectivity index is 0.00000103. The molecule has 11 nitrogen and oxygen atoms in total. The molecule has 11 heteroatoms. The Morgan fingerprint density at radius 1 is 1.11 bits per heavy atom. The van der Waals surface area contributed by atoms with Gasteiger partial charge in [-0.25, -0.2) is 4.79 Å². The molecular formula is C43H65N7O4. The average Bonchev–Trinajstić information content (AvgIpc) is 3.94. The van der Waals surface area contributed by atoms with E-state index in [0.29, 0.717) is 61.4 Å². The SMILES string of the molecule is C=C1Nc2c(cnn2C)CN(C(=O)c2ccc(CCC(=O)N(CC3CCN(C(=O)OC(C)(C)C)CC3)C3CC3)c(C)c2)/C1=C/C=C\C.C=NC.CCCC. The van der Waals surface area contributed by atoms with Gasteiger partial charge in [-0.2, -0.15) is 5.10 Å². The molecule has 0 unspecified atom stereocenters. The maximum atomic E-state index is 14.0. The topological polar surface area (TPSA) is 112 Å². The van der Waals surface area contributed by atoms with Gasteiger partial charge in [0.1, 0.15) is 11.4 Å². The number of carbonyl (C=O) groups is 3. The summed E-state index contributed by atoms with van der Waals surface area (Å²) in [6.07, 6.45) is 14.8. The predicted molar refractivity (Wildman–Crippen MR) is 220 cm³/mol. The van der Waals surface area contributed by atoms with E-state index in [1.807, 2.05) is 78.1 Å². The summed E-state index contributed by atoms with van der Waals surface area (Å²) in [5, 5.41) is 7.69. The normalized spacial score (nSPS) is 16.7. The maximum absolute atomic E-state index is 14.0. The molecular weight excluding hydrogens is 679 g/mol. The van der Waals surface area contributed by atoms with E-state index in [1.54, 1.807) is 27.7 Å². The van der Waals surface area contributed by atoms with Crippen LogP contribution in [0.5, 0.6) is 0 Å². The molecule has 1 N–H and O–H groups in total. The summed E-state index contributed by atoms with van der Waals surface area (Å²) in [5.74, 6) is 1.26. The number of nitrogens with zero attached hydrogens (tertiary/aromatic N) is 6. The molecule has 1 saturated carbocycles. The zero-order valence-electron chi connectivity index (χ0n) is 34.4. The number of benzene rings is 1. The number of hydrogen-bond donors (Lipinski definition) is 1. The van der Waals surface area contributed by atoms with Crippen molar-refractivity contribution in [2.24, 2.45) is 18.0 Å². The van der Waals surface area contributed by atoms with Crippen molar-refractivity contribution >= 4 is 30.4 Å². The summed E-state index contributed by atoms with van der Waals surface area (Å²) in [4.78, 5) is 48.9. The minimum Gasteiger partial charge on any atom is -0.444 e. The third-order valence-corrected chi connectivity index (χ3v) is 9.63. The van der Waals surface area contributed by atoms with Gasteiger partial charge in [0.2, 0.25) is 5.91 Å². The number of rotatable bonds is 9. The molecule has 2 aromatic rings. The van der Waals surface area contributed by atoms with Crippen LogP contribution in [0.1, 0.15) is 114 Å². The van der Waals surface area contributed by atoms with E-state index < -0.39 is 5.60 Å². The van der Waals surface area contributed by atoms with Crippen LogP contribution >= 0.6 is 0 Å². The van der Waals surface area contributed by atoms with Gasteiger partial charge >= 0.3 is 6.09 Å². The van der Waals surface area contributed by atoms with Crippen LogP contribution in [0.2, 0.25) is 0 Å². The lowest BCUT2D eigenvalue weighted by atomic mass is 9.95. The van der Waals surface area contributed by atoms with Crippen LogP contribution in [0, 0.1) is 12.8 Å². The van der Waals surface area contributed by atoms with Crippen LogP contribution < -0.4 is 5.32 Å². The molecule has 5 rings (SSSR count). The van der Waals surface area contributed by atoms with E-state index in [2.05, 4.69) is 47.5 Å². The molecule has 54 heavy (non-hydrogen) atoms. The van der Waals surface area contributed by atoms with Crippen molar-refractivity contribution in [1.82, 2.24) is 24.5 Å². The number of aromatic nitrogens is 2. The molecule has 1 saturated heterocycles. The van der Waals surface area contributed by atoms with Crippen LogP contribution in [0.4, 0.5) is 10.6 Å². The van der Waals surface area contributed by atoms with Gasteiger partial charge in [0, 0.05) is 57.3 Å². The number of likely N-dealkylation sites (tertiary alicyclic amines) is 1. The first-order valence-electron chi connectivity index (χ1n) is 19.5. The fourth-order valence-corrected chi connectivity index (χ4v) is 6.34. The number of amides is 3. The Morgan fingerprint density at radius 3 is 2.31 bits per heavy atom. The lowest BCUT2D eigenvalue weighted by Gasteiger charge is -2.35. The molecule has 3 aliphatic rings.